The molecule has 0 saturated heterocycles. The van der Waals surface area contributed by atoms with E-state index in [1.165, 1.54) is 5.56 Å². The van der Waals surface area contributed by atoms with Crippen LogP contribution in [0.2, 0.25) is 0 Å². The average Bonchev–Trinajstić information content (AvgIpc) is 2.60. The molecule has 0 N–H and O–H groups in total. The smallest absolute Gasteiger partial charge is 0.262 e. The van der Waals surface area contributed by atoms with Crippen LogP contribution in [0.1, 0.15) is 52.9 Å². The van der Waals surface area contributed by atoms with E-state index in [-0.39, 0.29) is 5.41 Å². The molecule has 0 aliphatic carbocycles. The van der Waals surface area contributed by atoms with Crippen LogP contribution in [0.25, 0.3) is 5.57 Å². The summed E-state index contributed by atoms with van der Waals surface area (Å²) in [5, 5.41) is 8.71. The van der Waals surface area contributed by atoms with E-state index in [0.717, 1.165) is 41.0 Å². The highest BCUT2D eigenvalue weighted by Crippen LogP contribution is 2.41. The van der Waals surface area contributed by atoms with Crippen LogP contribution in [-0.2, 0) is 5.41 Å². The van der Waals surface area contributed by atoms with Crippen LogP contribution in [0.5, 0.6) is 5.75 Å². The lowest BCUT2D eigenvalue weighted by Gasteiger charge is -2.33. The summed E-state index contributed by atoms with van der Waals surface area (Å²) in [5.41, 5.74) is 5.70. The summed E-state index contributed by atoms with van der Waals surface area (Å²) >= 11 is 0. The zero-order valence-electron chi connectivity index (χ0n) is 14.8. The second kappa shape index (κ2) is 6.22. The molecule has 1 aliphatic heterocycles. The molecule has 2 aromatic carbocycles. The first-order chi connectivity index (χ1) is 11.8. The van der Waals surface area contributed by atoms with Crippen LogP contribution in [0, 0.1) is 18.3 Å². The molecule has 0 fully saturated rings. The van der Waals surface area contributed by atoms with Crippen LogP contribution in [0.15, 0.2) is 43.0 Å². The second-order valence-corrected chi connectivity index (χ2v) is 7.14. The molecule has 3 heteroatoms. The second-order valence-electron chi connectivity index (χ2n) is 7.14. The van der Waals surface area contributed by atoms with Crippen molar-refractivity contribution in [1.29, 1.82) is 5.26 Å². The molecular formula is C22H21NO2. The number of carbonyl (C=O) groups is 1. The van der Waals surface area contributed by atoms with E-state index < -0.39 is 5.78 Å². The third kappa shape index (κ3) is 3.08. The van der Waals surface area contributed by atoms with E-state index in [9.17, 15) is 4.79 Å². The summed E-state index contributed by atoms with van der Waals surface area (Å²) in [6, 6.07) is 12.9. The number of nitriles is 1. The maximum atomic E-state index is 11.5. The van der Waals surface area contributed by atoms with Crippen molar-refractivity contribution in [1.82, 2.24) is 0 Å². The molecule has 0 aromatic heterocycles. The number of hydrogen-bond acceptors (Lipinski definition) is 3. The first-order valence-electron chi connectivity index (χ1n) is 8.35. The maximum absolute atomic E-state index is 11.5. The van der Waals surface area contributed by atoms with E-state index in [4.69, 9.17) is 10.00 Å². The van der Waals surface area contributed by atoms with Crippen LogP contribution < -0.4 is 4.74 Å². The Balaban J connectivity index is 2.00. The van der Waals surface area contributed by atoms with E-state index in [1.807, 2.05) is 12.1 Å². The van der Waals surface area contributed by atoms with Crippen molar-refractivity contribution in [3.63, 3.8) is 0 Å². The van der Waals surface area contributed by atoms with Crippen molar-refractivity contribution in [3.05, 3.63) is 70.8 Å². The molecule has 1 aliphatic rings. The minimum atomic E-state index is -0.527. The zero-order valence-corrected chi connectivity index (χ0v) is 14.8. The summed E-state index contributed by atoms with van der Waals surface area (Å²) in [6.07, 6.45) is 0.986. The lowest BCUT2D eigenvalue weighted by atomic mass is 9.78. The van der Waals surface area contributed by atoms with E-state index >= 15 is 0 Å². The molecule has 126 valence electrons. The Hall–Kier alpha value is -2.86. The van der Waals surface area contributed by atoms with Gasteiger partial charge in [0.05, 0.1) is 6.61 Å². The van der Waals surface area contributed by atoms with Crippen LogP contribution in [0.4, 0.5) is 0 Å². The first kappa shape index (κ1) is 17.0. The van der Waals surface area contributed by atoms with Gasteiger partial charge in [-0.15, -0.1) is 0 Å². The summed E-state index contributed by atoms with van der Waals surface area (Å²) in [6.45, 7) is 11.5. The van der Waals surface area contributed by atoms with Gasteiger partial charge in [0.15, 0.2) is 0 Å². The van der Waals surface area contributed by atoms with Crippen LogP contribution >= 0.6 is 0 Å². The lowest BCUT2D eigenvalue weighted by Crippen LogP contribution is -2.27. The van der Waals surface area contributed by atoms with Crippen molar-refractivity contribution >= 4 is 11.4 Å². The Kier molecular flexibility index (Phi) is 4.22. The number of carbonyl (C=O) groups excluding carboxylic acids is 1. The molecule has 1 heterocycles. The Morgan fingerprint density at radius 3 is 2.48 bits per heavy atom. The van der Waals surface area contributed by atoms with Gasteiger partial charge >= 0.3 is 0 Å². The molecule has 25 heavy (non-hydrogen) atoms. The number of nitrogens with zero attached hydrogens (tertiary/aromatic N) is 1. The Morgan fingerprint density at radius 2 is 1.84 bits per heavy atom. The molecule has 3 rings (SSSR count). The number of Topliss-reactive ketones (excluding diaryl/α,β-unsaturated/α-hetero) is 1. The van der Waals surface area contributed by atoms with E-state index in [0.29, 0.717) is 5.56 Å². The monoisotopic (exact) mass is 331 g/mol. The molecule has 0 radical (unpaired) electrons. The fraction of sp³-hybridized carbons (Fsp3) is 0.273. The average molecular weight is 331 g/mol. The fourth-order valence-electron chi connectivity index (χ4n) is 3.25. The number of rotatable bonds is 3. The third-order valence-electron chi connectivity index (χ3n) is 4.96. The van der Waals surface area contributed by atoms with Gasteiger partial charge in [0, 0.05) is 11.1 Å². The minimum absolute atomic E-state index is 0.0688. The first-order valence-corrected chi connectivity index (χ1v) is 8.35. The molecule has 0 atom stereocenters. The molecule has 0 amide bonds. The van der Waals surface area contributed by atoms with Gasteiger partial charge < -0.3 is 4.74 Å². The molecule has 3 nitrogen and oxygen atoms in total. The number of fused-ring (bicyclic) bond motifs is 1. The predicted octanol–water partition coefficient (Wildman–Crippen LogP) is 4.82. The number of benzene rings is 2. The van der Waals surface area contributed by atoms with Crippen molar-refractivity contribution < 1.29 is 9.53 Å². The Labute approximate surface area is 148 Å². The van der Waals surface area contributed by atoms with Gasteiger partial charge in [-0.1, -0.05) is 32.6 Å². The highest BCUT2D eigenvalue weighted by atomic mass is 16.5. The highest BCUT2D eigenvalue weighted by Gasteiger charge is 2.29. The van der Waals surface area contributed by atoms with Crippen LogP contribution in [-0.4, -0.2) is 12.4 Å². The van der Waals surface area contributed by atoms with Gasteiger partial charge in [-0.2, -0.15) is 5.26 Å². The number of hydrogen-bond donors (Lipinski definition) is 0. The summed E-state index contributed by atoms with van der Waals surface area (Å²) in [4.78, 5) is 11.5. The lowest BCUT2D eigenvalue weighted by molar-refractivity contribution is 0.105. The molecule has 0 spiro atoms. The quantitative estimate of drug-likeness (QED) is 0.598. The number of ether oxygens (including phenoxy) is 1. The number of aryl methyl sites for hydroxylation is 1. The molecular weight excluding hydrogens is 310 g/mol. The maximum Gasteiger partial charge on any atom is 0.262 e. The van der Waals surface area contributed by atoms with Crippen molar-refractivity contribution in [2.24, 2.45) is 0 Å². The molecule has 0 bridgehead atoms. The molecule has 0 unspecified atom stereocenters. The van der Waals surface area contributed by atoms with Crippen molar-refractivity contribution in [2.45, 2.75) is 32.6 Å². The normalized spacial score (nSPS) is 14.8. The molecule has 2 aromatic rings. The van der Waals surface area contributed by atoms with Gasteiger partial charge in [0.2, 0.25) is 0 Å². The SMILES string of the molecule is C=C(c1ccc(C(=O)C#N)cc1)c1cc2c(cc1C)OCCC2(C)C. The van der Waals surface area contributed by atoms with Crippen LogP contribution in [0.3, 0.4) is 0 Å². The largest absolute Gasteiger partial charge is 0.493 e. The van der Waals surface area contributed by atoms with Gasteiger partial charge in [-0.05, 0) is 65.3 Å². The summed E-state index contributed by atoms with van der Waals surface area (Å²) < 4.78 is 5.84. The minimum Gasteiger partial charge on any atom is -0.493 e. The Morgan fingerprint density at radius 1 is 1.20 bits per heavy atom. The van der Waals surface area contributed by atoms with Crippen molar-refractivity contribution in [3.8, 4) is 11.8 Å². The fourth-order valence-corrected chi connectivity index (χ4v) is 3.25. The Bertz CT molecular complexity index is 899. The van der Waals surface area contributed by atoms with Gasteiger partial charge in [-0.3, -0.25) is 4.79 Å². The van der Waals surface area contributed by atoms with Gasteiger partial charge in [0.25, 0.3) is 5.78 Å². The van der Waals surface area contributed by atoms with Gasteiger partial charge in [0.1, 0.15) is 11.8 Å². The predicted molar refractivity (Wildman–Crippen MR) is 98.8 cm³/mol. The molecule has 0 saturated carbocycles. The zero-order chi connectivity index (χ0) is 18.2. The van der Waals surface area contributed by atoms with E-state index in [2.05, 4.69) is 39.5 Å². The third-order valence-corrected chi connectivity index (χ3v) is 4.96. The van der Waals surface area contributed by atoms with Crippen molar-refractivity contribution in [2.75, 3.05) is 6.61 Å². The topological polar surface area (TPSA) is 50.1 Å². The number of ketones is 1. The van der Waals surface area contributed by atoms with E-state index in [1.54, 1.807) is 18.2 Å². The summed E-state index contributed by atoms with van der Waals surface area (Å²) in [7, 11) is 0. The van der Waals surface area contributed by atoms with Gasteiger partial charge in [-0.25, -0.2) is 0 Å². The standard InChI is InChI=1S/C22H21NO2/c1-14-11-21-19(22(3,4)9-10-25-21)12-18(14)15(2)16-5-7-17(8-6-16)20(24)13-23/h5-8,11-12H,2,9-10H2,1,3-4H3. The summed E-state index contributed by atoms with van der Waals surface area (Å²) in [5.74, 6) is 0.432. The highest BCUT2D eigenvalue weighted by molar-refractivity contribution is 6.07.